The number of thiocarbonyl (C=S) groups is 1. The summed E-state index contributed by atoms with van der Waals surface area (Å²) < 4.78 is 31.5. The number of benzene rings is 1. The van der Waals surface area contributed by atoms with E-state index >= 15 is 0 Å². The number of ether oxygens (including phenoxy) is 1. The number of nitrogens with zero attached hydrogens (tertiary/aromatic N) is 1. The van der Waals surface area contributed by atoms with Crippen LogP contribution in [-0.4, -0.2) is 50.0 Å². The van der Waals surface area contributed by atoms with Crippen molar-refractivity contribution in [2.45, 2.75) is 18.2 Å². The predicted molar refractivity (Wildman–Crippen MR) is 90.7 cm³/mol. The first-order valence-corrected chi connectivity index (χ1v) is 9.07. The molecular weight excluding hydrogens is 338 g/mol. The number of rotatable bonds is 4. The highest BCUT2D eigenvalue weighted by Crippen LogP contribution is 2.19. The molecule has 23 heavy (non-hydrogen) atoms. The fourth-order valence-corrected chi connectivity index (χ4v) is 3.66. The molecule has 1 aromatic rings. The lowest BCUT2D eigenvalue weighted by atomic mass is 10.3. The van der Waals surface area contributed by atoms with Crippen molar-refractivity contribution in [1.82, 2.24) is 9.62 Å². The molecule has 0 aliphatic carbocycles. The van der Waals surface area contributed by atoms with Crippen molar-refractivity contribution in [2.75, 3.05) is 31.6 Å². The molecule has 2 N–H and O–H groups in total. The Kier molecular flexibility index (Phi) is 6.05. The van der Waals surface area contributed by atoms with E-state index in [1.807, 2.05) is 0 Å². The SMILES string of the molecule is CCC(=O)NC(=S)Nc1ccc(S(=O)(=O)N2CCOCC2)cc1. The fourth-order valence-electron chi connectivity index (χ4n) is 2.02. The zero-order chi connectivity index (χ0) is 16.9. The highest BCUT2D eigenvalue weighted by atomic mass is 32.2. The predicted octanol–water partition coefficient (Wildman–Crippen LogP) is 0.930. The number of nitrogens with one attached hydrogen (secondary N) is 2. The molecular formula is C14H19N3O4S2. The van der Waals surface area contributed by atoms with Crippen LogP contribution in [0, 0.1) is 0 Å². The van der Waals surface area contributed by atoms with E-state index in [0.717, 1.165) is 0 Å². The van der Waals surface area contributed by atoms with Gasteiger partial charge in [-0.3, -0.25) is 4.79 Å². The second kappa shape index (κ2) is 7.82. The van der Waals surface area contributed by atoms with Crippen molar-refractivity contribution >= 4 is 38.9 Å². The Morgan fingerprint density at radius 1 is 1.26 bits per heavy atom. The minimum absolute atomic E-state index is 0.181. The van der Waals surface area contributed by atoms with Crippen molar-refractivity contribution in [3.63, 3.8) is 0 Å². The summed E-state index contributed by atoms with van der Waals surface area (Å²) in [6.07, 6.45) is 0.332. The number of carbonyl (C=O) groups is 1. The van der Waals surface area contributed by atoms with Crippen molar-refractivity contribution in [2.24, 2.45) is 0 Å². The van der Waals surface area contributed by atoms with E-state index in [1.165, 1.54) is 16.4 Å². The number of hydrogen-bond acceptors (Lipinski definition) is 5. The van der Waals surface area contributed by atoms with Crippen LogP contribution in [0.2, 0.25) is 0 Å². The van der Waals surface area contributed by atoms with Crippen LogP contribution in [-0.2, 0) is 19.6 Å². The lowest BCUT2D eigenvalue weighted by Gasteiger charge is -2.26. The summed E-state index contributed by atoms with van der Waals surface area (Å²) >= 11 is 5.00. The Hall–Kier alpha value is -1.55. The zero-order valence-electron chi connectivity index (χ0n) is 12.7. The average molecular weight is 357 g/mol. The maximum absolute atomic E-state index is 12.5. The molecule has 1 aliphatic heterocycles. The summed E-state index contributed by atoms with van der Waals surface area (Å²) in [5.41, 5.74) is 0.604. The molecule has 126 valence electrons. The lowest BCUT2D eigenvalue weighted by molar-refractivity contribution is -0.119. The largest absolute Gasteiger partial charge is 0.379 e. The maximum Gasteiger partial charge on any atom is 0.243 e. The fraction of sp³-hybridized carbons (Fsp3) is 0.429. The van der Waals surface area contributed by atoms with E-state index in [-0.39, 0.29) is 15.9 Å². The number of anilines is 1. The minimum Gasteiger partial charge on any atom is -0.379 e. The van der Waals surface area contributed by atoms with Gasteiger partial charge in [0.25, 0.3) is 0 Å². The molecule has 0 aromatic heterocycles. The van der Waals surface area contributed by atoms with Crippen LogP contribution < -0.4 is 10.6 Å². The molecule has 9 heteroatoms. The van der Waals surface area contributed by atoms with E-state index in [1.54, 1.807) is 19.1 Å². The van der Waals surface area contributed by atoms with Crippen LogP contribution in [0.5, 0.6) is 0 Å². The van der Waals surface area contributed by atoms with Gasteiger partial charge >= 0.3 is 0 Å². The van der Waals surface area contributed by atoms with Gasteiger partial charge in [-0.05, 0) is 36.5 Å². The molecule has 1 heterocycles. The third-order valence-electron chi connectivity index (χ3n) is 3.29. The normalized spacial score (nSPS) is 15.9. The number of hydrogen-bond donors (Lipinski definition) is 2. The smallest absolute Gasteiger partial charge is 0.243 e. The molecule has 0 radical (unpaired) electrons. The van der Waals surface area contributed by atoms with Gasteiger partial charge < -0.3 is 15.4 Å². The van der Waals surface area contributed by atoms with Crippen LogP contribution >= 0.6 is 12.2 Å². The number of amides is 1. The molecule has 1 fully saturated rings. The summed E-state index contributed by atoms with van der Waals surface area (Å²) in [6.45, 7) is 3.25. The molecule has 1 amide bonds. The van der Waals surface area contributed by atoms with Gasteiger partial charge in [-0.15, -0.1) is 0 Å². The standard InChI is InChI=1S/C14H19N3O4S2/c1-2-13(18)16-14(22)15-11-3-5-12(6-4-11)23(19,20)17-7-9-21-10-8-17/h3-6H,2,7-10H2,1H3,(H2,15,16,18,22). The Labute approximate surface area is 141 Å². The molecule has 0 saturated carbocycles. The third kappa shape index (κ3) is 4.71. The van der Waals surface area contributed by atoms with Gasteiger partial charge in [-0.25, -0.2) is 8.42 Å². The zero-order valence-corrected chi connectivity index (χ0v) is 14.4. The molecule has 0 unspecified atom stereocenters. The maximum atomic E-state index is 12.5. The van der Waals surface area contributed by atoms with Crippen LogP contribution in [0.4, 0.5) is 5.69 Å². The first-order chi connectivity index (χ1) is 10.9. The highest BCUT2D eigenvalue weighted by molar-refractivity contribution is 7.89. The second-order valence-corrected chi connectivity index (χ2v) is 7.24. The molecule has 1 aliphatic rings. The summed E-state index contributed by atoms with van der Waals surface area (Å²) in [5, 5.41) is 5.53. The van der Waals surface area contributed by atoms with Crippen LogP contribution in [0.1, 0.15) is 13.3 Å². The van der Waals surface area contributed by atoms with E-state index in [4.69, 9.17) is 17.0 Å². The Bertz CT molecular complexity index is 668. The van der Waals surface area contributed by atoms with E-state index in [2.05, 4.69) is 10.6 Å². The Balaban J connectivity index is 2.04. The van der Waals surface area contributed by atoms with Gasteiger partial charge in [0.1, 0.15) is 0 Å². The van der Waals surface area contributed by atoms with E-state index < -0.39 is 10.0 Å². The van der Waals surface area contributed by atoms with Crippen molar-refractivity contribution in [1.29, 1.82) is 0 Å². The quantitative estimate of drug-likeness (QED) is 0.780. The monoisotopic (exact) mass is 357 g/mol. The summed E-state index contributed by atoms with van der Waals surface area (Å²) in [7, 11) is -3.51. The van der Waals surface area contributed by atoms with Crippen LogP contribution in [0.15, 0.2) is 29.2 Å². The molecule has 0 bridgehead atoms. The highest BCUT2D eigenvalue weighted by Gasteiger charge is 2.26. The number of carbonyl (C=O) groups excluding carboxylic acids is 1. The van der Waals surface area contributed by atoms with Crippen molar-refractivity contribution in [3.05, 3.63) is 24.3 Å². The minimum atomic E-state index is -3.51. The lowest BCUT2D eigenvalue weighted by Crippen LogP contribution is -2.40. The van der Waals surface area contributed by atoms with Crippen LogP contribution in [0.3, 0.4) is 0 Å². The third-order valence-corrected chi connectivity index (χ3v) is 5.41. The number of sulfonamides is 1. The summed E-state index contributed by atoms with van der Waals surface area (Å²) in [6, 6.07) is 6.24. The van der Waals surface area contributed by atoms with Gasteiger partial charge in [0.15, 0.2) is 5.11 Å². The molecule has 7 nitrogen and oxygen atoms in total. The second-order valence-electron chi connectivity index (χ2n) is 4.90. The molecule has 1 aromatic carbocycles. The number of morpholine rings is 1. The summed E-state index contributed by atoms with van der Waals surface area (Å²) in [5.74, 6) is -0.186. The summed E-state index contributed by atoms with van der Waals surface area (Å²) in [4.78, 5) is 11.5. The van der Waals surface area contributed by atoms with E-state index in [9.17, 15) is 13.2 Å². The Morgan fingerprint density at radius 3 is 2.43 bits per heavy atom. The first kappa shape index (κ1) is 17.8. The first-order valence-electron chi connectivity index (χ1n) is 7.22. The van der Waals surface area contributed by atoms with E-state index in [0.29, 0.717) is 38.4 Å². The van der Waals surface area contributed by atoms with Crippen molar-refractivity contribution in [3.8, 4) is 0 Å². The average Bonchev–Trinajstić information content (AvgIpc) is 2.56. The van der Waals surface area contributed by atoms with Gasteiger partial charge in [-0.2, -0.15) is 4.31 Å². The molecule has 2 rings (SSSR count). The Morgan fingerprint density at radius 2 is 1.87 bits per heavy atom. The molecule has 0 spiro atoms. The molecule has 0 atom stereocenters. The topological polar surface area (TPSA) is 87.7 Å². The van der Waals surface area contributed by atoms with Crippen molar-refractivity contribution < 1.29 is 17.9 Å². The van der Waals surface area contributed by atoms with Gasteiger partial charge in [0.05, 0.1) is 18.1 Å². The van der Waals surface area contributed by atoms with Gasteiger partial charge in [-0.1, -0.05) is 6.92 Å². The molecule has 1 saturated heterocycles. The van der Waals surface area contributed by atoms with Crippen LogP contribution in [0.25, 0.3) is 0 Å². The van der Waals surface area contributed by atoms with Gasteiger partial charge in [0, 0.05) is 25.2 Å². The van der Waals surface area contributed by atoms with Gasteiger partial charge in [0.2, 0.25) is 15.9 Å².